The van der Waals surface area contributed by atoms with Crippen LogP contribution in [-0.2, 0) is 4.79 Å². The van der Waals surface area contributed by atoms with E-state index in [-0.39, 0.29) is 12.0 Å². The average molecular weight is 495 g/mol. The number of carbonyl (C=O) groups excluding carboxylic acids is 1. The number of rotatable bonds is 7. The van der Waals surface area contributed by atoms with Crippen molar-refractivity contribution in [1.29, 1.82) is 0 Å². The predicted molar refractivity (Wildman–Crippen MR) is 130 cm³/mol. The minimum atomic E-state index is -1.01. The first-order valence-corrected chi connectivity index (χ1v) is 11.3. The van der Waals surface area contributed by atoms with Crippen LogP contribution in [0, 0.1) is 0 Å². The number of benzene rings is 1. The Balaban J connectivity index is 1.32. The van der Waals surface area contributed by atoms with Gasteiger partial charge < -0.3 is 24.8 Å². The van der Waals surface area contributed by atoms with Crippen LogP contribution >= 0.6 is 11.6 Å². The molecule has 4 aromatic rings. The van der Waals surface area contributed by atoms with E-state index in [1.54, 1.807) is 47.1 Å². The van der Waals surface area contributed by atoms with Gasteiger partial charge in [-0.2, -0.15) is 5.10 Å². The molecule has 0 unspecified atom stereocenters. The third-order valence-corrected chi connectivity index (χ3v) is 5.94. The summed E-state index contributed by atoms with van der Waals surface area (Å²) in [5.74, 6) is 1.19. The van der Waals surface area contributed by atoms with E-state index in [2.05, 4.69) is 20.4 Å². The van der Waals surface area contributed by atoms with Crippen LogP contribution in [0.25, 0.3) is 16.8 Å². The largest absolute Gasteiger partial charge is 0.494 e. The summed E-state index contributed by atoms with van der Waals surface area (Å²) in [4.78, 5) is 22.3. The van der Waals surface area contributed by atoms with Crippen LogP contribution < -0.4 is 14.8 Å². The highest BCUT2D eigenvalue weighted by Gasteiger charge is 2.34. The summed E-state index contributed by atoms with van der Waals surface area (Å²) in [5, 5.41) is 17.3. The zero-order valence-electron chi connectivity index (χ0n) is 19.1. The lowest BCUT2D eigenvalue weighted by molar-refractivity contribution is -0.148. The molecule has 0 saturated carbocycles. The van der Waals surface area contributed by atoms with Gasteiger partial charge in [0.05, 0.1) is 54.5 Å². The highest BCUT2D eigenvalue weighted by molar-refractivity contribution is 6.33. The number of aliphatic hydroxyl groups excluding tert-OH is 1. The fourth-order valence-electron chi connectivity index (χ4n) is 3.85. The second-order valence-electron chi connectivity index (χ2n) is 8.12. The van der Waals surface area contributed by atoms with Crippen LogP contribution in [0.5, 0.6) is 11.5 Å². The number of hydrogen-bond donors (Lipinski definition) is 2. The van der Waals surface area contributed by atoms with Gasteiger partial charge in [-0.25, -0.2) is 14.5 Å². The lowest BCUT2D eigenvalue weighted by Crippen LogP contribution is -2.58. The number of fused-ring (bicyclic) bond motifs is 1. The van der Waals surface area contributed by atoms with Gasteiger partial charge in [0.15, 0.2) is 0 Å². The molecule has 1 atom stereocenters. The summed E-state index contributed by atoms with van der Waals surface area (Å²) in [6, 6.07) is 11.1. The average Bonchev–Trinajstić information content (AvgIpc) is 3.26. The van der Waals surface area contributed by atoms with Gasteiger partial charge in [0.1, 0.15) is 23.7 Å². The Morgan fingerprint density at radius 1 is 1.26 bits per heavy atom. The van der Waals surface area contributed by atoms with Crippen molar-refractivity contribution < 1.29 is 19.4 Å². The Bertz CT molecular complexity index is 1390. The maximum absolute atomic E-state index is 11.8. The van der Waals surface area contributed by atoms with E-state index in [4.69, 9.17) is 21.1 Å². The molecule has 1 aromatic carbocycles. The van der Waals surface area contributed by atoms with Crippen LogP contribution in [0.15, 0.2) is 55.0 Å². The van der Waals surface area contributed by atoms with Crippen molar-refractivity contribution in [3.63, 3.8) is 0 Å². The molecule has 180 valence electrons. The van der Waals surface area contributed by atoms with Gasteiger partial charge in [0.2, 0.25) is 5.95 Å². The number of pyridine rings is 1. The van der Waals surface area contributed by atoms with E-state index in [0.29, 0.717) is 46.9 Å². The SMILES string of the molecule is COc1cc(OC2CN(C(=O)[C@H](C)O)C2)ccc1Nc1ncc(Cl)c(-c2cnn3ccccc23)n1. The van der Waals surface area contributed by atoms with Gasteiger partial charge in [-0.3, -0.25) is 4.79 Å². The lowest BCUT2D eigenvalue weighted by Gasteiger charge is -2.39. The van der Waals surface area contributed by atoms with Crippen molar-refractivity contribution >= 4 is 34.7 Å². The zero-order chi connectivity index (χ0) is 24.5. The number of likely N-dealkylation sites (tertiary alicyclic amines) is 1. The number of ether oxygens (including phenoxy) is 2. The van der Waals surface area contributed by atoms with Crippen molar-refractivity contribution in [1.82, 2.24) is 24.5 Å². The van der Waals surface area contributed by atoms with Crippen molar-refractivity contribution in [3.05, 3.63) is 60.0 Å². The molecule has 1 amide bonds. The van der Waals surface area contributed by atoms with Crippen molar-refractivity contribution in [2.75, 3.05) is 25.5 Å². The number of aliphatic hydroxyl groups is 1. The highest BCUT2D eigenvalue weighted by atomic mass is 35.5. The molecule has 1 fully saturated rings. The van der Waals surface area contributed by atoms with Gasteiger partial charge in [-0.1, -0.05) is 17.7 Å². The topological polar surface area (TPSA) is 114 Å². The molecule has 1 aliphatic rings. The summed E-state index contributed by atoms with van der Waals surface area (Å²) in [7, 11) is 1.56. The first-order chi connectivity index (χ1) is 16.9. The van der Waals surface area contributed by atoms with Gasteiger partial charge in [-0.15, -0.1) is 0 Å². The van der Waals surface area contributed by atoms with Crippen LogP contribution in [0.3, 0.4) is 0 Å². The van der Waals surface area contributed by atoms with E-state index < -0.39 is 6.10 Å². The monoisotopic (exact) mass is 494 g/mol. The molecule has 11 heteroatoms. The molecule has 1 aliphatic heterocycles. The maximum atomic E-state index is 11.8. The zero-order valence-corrected chi connectivity index (χ0v) is 19.8. The Hall–Kier alpha value is -3.89. The summed E-state index contributed by atoms with van der Waals surface area (Å²) >= 11 is 6.42. The van der Waals surface area contributed by atoms with E-state index in [0.717, 1.165) is 11.1 Å². The molecule has 0 bridgehead atoms. The smallest absolute Gasteiger partial charge is 0.251 e. The van der Waals surface area contributed by atoms with Gasteiger partial charge in [0.25, 0.3) is 5.91 Å². The third kappa shape index (κ3) is 4.58. The number of nitrogens with one attached hydrogen (secondary N) is 1. The number of methoxy groups -OCH3 is 1. The first kappa shape index (κ1) is 22.9. The van der Waals surface area contributed by atoms with Crippen LogP contribution in [0.4, 0.5) is 11.6 Å². The molecule has 0 radical (unpaired) electrons. The number of halogens is 1. The molecule has 10 nitrogen and oxygen atoms in total. The van der Waals surface area contributed by atoms with Crippen molar-refractivity contribution in [2.24, 2.45) is 0 Å². The van der Waals surface area contributed by atoms with Crippen LogP contribution in [-0.4, -0.2) is 67.9 Å². The van der Waals surface area contributed by atoms with E-state index in [1.807, 2.05) is 24.4 Å². The summed E-state index contributed by atoms with van der Waals surface area (Å²) in [6.07, 6.45) is 3.96. The van der Waals surface area contributed by atoms with Gasteiger partial charge >= 0.3 is 0 Å². The minimum absolute atomic E-state index is 0.144. The fourth-order valence-corrected chi connectivity index (χ4v) is 4.04. The van der Waals surface area contributed by atoms with E-state index >= 15 is 0 Å². The molecule has 5 rings (SSSR count). The highest BCUT2D eigenvalue weighted by Crippen LogP contribution is 2.34. The molecule has 3 aromatic heterocycles. The molecule has 1 saturated heterocycles. The van der Waals surface area contributed by atoms with Crippen molar-refractivity contribution in [2.45, 2.75) is 19.1 Å². The molecule has 0 aliphatic carbocycles. The summed E-state index contributed by atoms with van der Waals surface area (Å²) in [5.41, 5.74) is 2.88. The molecule has 35 heavy (non-hydrogen) atoms. The number of anilines is 2. The molecule has 4 heterocycles. The number of amides is 1. The number of hydrogen-bond acceptors (Lipinski definition) is 8. The second-order valence-corrected chi connectivity index (χ2v) is 8.53. The van der Waals surface area contributed by atoms with Gasteiger partial charge in [0, 0.05) is 17.8 Å². The van der Waals surface area contributed by atoms with Gasteiger partial charge in [-0.05, 0) is 31.2 Å². The Kier molecular flexibility index (Phi) is 6.14. The molecule has 2 N–H and O–H groups in total. The lowest BCUT2D eigenvalue weighted by atomic mass is 10.1. The van der Waals surface area contributed by atoms with E-state index in [9.17, 15) is 9.90 Å². The minimum Gasteiger partial charge on any atom is -0.494 e. The maximum Gasteiger partial charge on any atom is 0.251 e. The quantitative estimate of drug-likeness (QED) is 0.402. The standard InChI is InChI=1S/C24H23ClN6O4/c1-14(32)23(33)30-12-16(13-30)35-15-6-7-19(21(9-15)34-2)28-24-26-11-18(25)22(29-24)17-10-27-31-8-4-3-5-20(17)31/h3-11,14,16,32H,12-13H2,1-2H3,(H,26,28,29)/t14-/m0/s1. The summed E-state index contributed by atoms with van der Waals surface area (Å²) < 4.78 is 13.2. The van der Waals surface area contributed by atoms with Crippen LogP contribution in [0.2, 0.25) is 5.02 Å². The fraction of sp³-hybridized carbons (Fsp3) is 0.250. The normalized spacial score (nSPS) is 14.5. The van der Waals surface area contributed by atoms with Crippen LogP contribution in [0.1, 0.15) is 6.92 Å². The molecular weight excluding hydrogens is 472 g/mol. The Morgan fingerprint density at radius 3 is 2.86 bits per heavy atom. The number of aromatic nitrogens is 4. The molecule has 0 spiro atoms. The second kappa shape index (κ2) is 9.40. The Morgan fingerprint density at radius 2 is 2.09 bits per heavy atom. The summed E-state index contributed by atoms with van der Waals surface area (Å²) in [6.45, 7) is 2.31. The Labute approximate surface area is 206 Å². The predicted octanol–water partition coefficient (Wildman–Crippen LogP) is 3.17. The van der Waals surface area contributed by atoms with E-state index in [1.165, 1.54) is 6.92 Å². The number of nitrogens with zero attached hydrogens (tertiary/aromatic N) is 5. The molecular formula is C24H23ClN6O4. The first-order valence-electron chi connectivity index (χ1n) is 11.0. The van der Waals surface area contributed by atoms with Crippen molar-refractivity contribution in [3.8, 4) is 22.8 Å². The number of carbonyl (C=O) groups is 1. The third-order valence-electron chi connectivity index (χ3n) is 5.67.